The summed E-state index contributed by atoms with van der Waals surface area (Å²) in [6.45, 7) is -0.544. The number of primary amides is 1. The highest BCUT2D eigenvalue weighted by Crippen LogP contribution is 2.22. The quantitative estimate of drug-likeness (QED) is 0.809. The van der Waals surface area contributed by atoms with Crippen molar-refractivity contribution in [2.24, 2.45) is 5.73 Å². The predicted octanol–water partition coefficient (Wildman–Crippen LogP) is 1.47. The van der Waals surface area contributed by atoms with Gasteiger partial charge in [-0.2, -0.15) is 0 Å². The minimum atomic E-state index is -1.48. The monoisotopic (exact) mass is 219 g/mol. The molecule has 14 heavy (non-hydrogen) atoms. The van der Waals surface area contributed by atoms with Crippen LogP contribution in [0.3, 0.4) is 0 Å². The Morgan fingerprint density at radius 2 is 2.36 bits per heavy atom. The van der Waals surface area contributed by atoms with Gasteiger partial charge in [0.25, 0.3) is 0 Å². The molecule has 1 aromatic carbocycles. The van der Waals surface area contributed by atoms with E-state index in [1.165, 1.54) is 0 Å². The van der Waals surface area contributed by atoms with Crippen LogP contribution in [0.1, 0.15) is 17.2 Å². The van der Waals surface area contributed by atoms with Crippen LogP contribution in [0.5, 0.6) is 0 Å². The van der Waals surface area contributed by atoms with Crippen LogP contribution in [0.15, 0.2) is 24.2 Å². The van der Waals surface area contributed by atoms with Crippen LogP contribution < -0.4 is 5.73 Å². The molecule has 0 aliphatic carbocycles. The lowest BCUT2D eigenvalue weighted by atomic mass is 10.1. The first kappa shape index (κ1) is 6.27. The molecule has 0 spiro atoms. The van der Waals surface area contributed by atoms with E-state index in [-0.39, 0.29) is 10.6 Å². The van der Waals surface area contributed by atoms with Gasteiger partial charge in [-0.1, -0.05) is 29.7 Å². The van der Waals surface area contributed by atoms with Crippen molar-refractivity contribution in [3.05, 3.63) is 34.8 Å². The Labute approximate surface area is 91.9 Å². The third-order valence-electron chi connectivity index (χ3n) is 1.39. The predicted molar refractivity (Wildman–Crippen MR) is 51.9 cm³/mol. The molecule has 0 bridgehead atoms. The molecule has 0 fully saturated rings. The number of carbonyl (C=O) groups excluding carboxylic acids is 1. The molecule has 0 saturated heterocycles. The Kier molecular flexibility index (Phi) is 2.16. The molecule has 1 atom stereocenters. The van der Waals surface area contributed by atoms with Gasteiger partial charge in [-0.15, -0.1) is 0 Å². The second-order valence-electron chi connectivity index (χ2n) is 2.37. The number of hydrogen-bond donors (Lipinski definition) is 2. The van der Waals surface area contributed by atoms with E-state index in [0.717, 1.165) is 0 Å². The third-order valence-corrected chi connectivity index (χ3v) is 1.68. The van der Waals surface area contributed by atoms with Gasteiger partial charge >= 0.3 is 6.09 Å². The Morgan fingerprint density at radius 3 is 3.00 bits per heavy atom. The molecule has 0 aliphatic heterocycles. The normalized spacial score (nSPS) is 16.1. The Balaban J connectivity index is 3.20. The molecule has 76 valence electrons. The van der Waals surface area contributed by atoms with E-state index in [0.29, 0.717) is 0 Å². The molecule has 0 saturated carbocycles. The van der Waals surface area contributed by atoms with Gasteiger partial charge in [-0.3, -0.25) is 0 Å². The fourth-order valence-electron chi connectivity index (χ4n) is 0.781. The highest BCUT2D eigenvalue weighted by atomic mass is 35.5. The molecular weight excluding hydrogens is 206 g/mol. The molecule has 5 heteroatoms. The Bertz CT molecular complexity index is 468. The lowest BCUT2D eigenvalue weighted by molar-refractivity contribution is 0.0729. The summed E-state index contributed by atoms with van der Waals surface area (Å²) >= 11 is 5.74. The smallest absolute Gasteiger partial charge is 0.404 e. The van der Waals surface area contributed by atoms with Crippen LogP contribution in [0, 0.1) is 0 Å². The zero-order chi connectivity index (χ0) is 14.0. The van der Waals surface area contributed by atoms with Gasteiger partial charge in [-0.05, 0) is 6.04 Å². The van der Waals surface area contributed by atoms with Crippen molar-refractivity contribution in [1.29, 1.82) is 0 Å². The van der Waals surface area contributed by atoms with Crippen LogP contribution in [0.2, 0.25) is 5.02 Å². The van der Waals surface area contributed by atoms with Crippen LogP contribution in [-0.2, 0) is 4.74 Å². The fraction of sp³-hybridized carbons (Fsp3) is 0.222. The average Bonchev–Trinajstić information content (AvgIpc) is 2.31. The van der Waals surface area contributed by atoms with Crippen molar-refractivity contribution >= 4 is 17.7 Å². The first-order chi connectivity index (χ1) is 8.27. The number of amides is 1. The molecule has 4 nitrogen and oxygen atoms in total. The summed E-state index contributed by atoms with van der Waals surface area (Å²) in [5, 5.41) is 9.39. The van der Waals surface area contributed by atoms with Crippen molar-refractivity contribution in [2.75, 3.05) is 6.61 Å². The summed E-state index contributed by atoms with van der Waals surface area (Å²) in [7, 11) is 0. The summed E-state index contributed by atoms with van der Waals surface area (Å²) in [5.41, 5.74) is 4.49. The second kappa shape index (κ2) is 4.83. The number of carbonyl (C=O) groups is 1. The average molecular weight is 220 g/mol. The van der Waals surface area contributed by atoms with E-state index in [9.17, 15) is 9.90 Å². The van der Waals surface area contributed by atoms with Crippen molar-refractivity contribution in [3.8, 4) is 0 Å². The summed E-state index contributed by atoms with van der Waals surface area (Å²) in [5.74, 6) is 0. The number of ether oxygens (including phenoxy) is 1. The zero-order valence-electron chi connectivity index (χ0n) is 11.0. The van der Waals surface area contributed by atoms with E-state index < -0.39 is 43.0 Å². The Hall–Kier alpha value is -1.26. The lowest BCUT2D eigenvalue weighted by Gasteiger charge is -2.11. The van der Waals surface area contributed by atoms with Gasteiger partial charge < -0.3 is 15.6 Å². The van der Waals surface area contributed by atoms with E-state index in [1.54, 1.807) is 0 Å². The van der Waals surface area contributed by atoms with Crippen LogP contribution >= 0.6 is 11.6 Å². The molecule has 0 unspecified atom stereocenters. The van der Waals surface area contributed by atoms with Crippen molar-refractivity contribution < 1.29 is 20.1 Å². The third kappa shape index (κ3) is 2.90. The van der Waals surface area contributed by atoms with Gasteiger partial charge in [0, 0.05) is 10.6 Å². The first-order valence-corrected chi connectivity index (χ1v) is 4.01. The second-order valence-corrected chi connectivity index (χ2v) is 2.75. The number of aliphatic hydroxyl groups excluding tert-OH is 1. The van der Waals surface area contributed by atoms with E-state index in [4.69, 9.17) is 22.8 Å². The van der Waals surface area contributed by atoms with Crippen LogP contribution in [-0.4, -0.2) is 17.8 Å². The number of benzene rings is 1. The highest BCUT2D eigenvalue weighted by molar-refractivity contribution is 6.31. The summed E-state index contributed by atoms with van der Waals surface area (Å²) in [4.78, 5) is 10.4. The van der Waals surface area contributed by atoms with Gasteiger partial charge in [0.15, 0.2) is 0 Å². The lowest BCUT2D eigenvalue weighted by Crippen LogP contribution is -2.17. The molecule has 1 amide bonds. The molecule has 1 aromatic rings. The summed E-state index contributed by atoms with van der Waals surface area (Å²) in [6.07, 6.45) is -2.59. The van der Waals surface area contributed by atoms with Crippen molar-refractivity contribution in [2.45, 2.75) is 6.10 Å². The SMILES string of the molecule is [2H]c1c([2H])c([2H])c([C@@H](O)COC(N)=O)c(Cl)c1[2H]. The number of rotatable bonds is 3. The van der Waals surface area contributed by atoms with Gasteiger partial charge in [0.1, 0.15) is 12.7 Å². The Morgan fingerprint density at radius 1 is 1.71 bits per heavy atom. The summed E-state index contributed by atoms with van der Waals surface area (Å²) in [6, 6.07) is -1.98. The van der Waals surface area contributed by atoms with E-state index in [2.05, 4.69) is 4.74 Å². The number of hydrogen-bond acceptors (Lipinski definition) is 3. The van der Waals surface area contributed by atoms with Gasteiger partial charge in [0.05, 0.1) is 5.48 Å². The molecule has 3 N–H and O–H groups in total. The largest absolute Gasteiger partial charge is 0.447 e. The standard InChI is InChI=1S/C9H10ClNO3/c10-7-4-2-1-3-6(7)8(12)5-14-9(11)13/h1-4,8,12H,5H2,(H2,11,13)/t8-/m0/s1/i1D,2D,3D,4D. The van der Waals surface area contributed by atoms with Gasteiger partial charge in [0.2, 0.25) is 0 Å². The molecule has 0 aromatic heterocycles. The first-order valence-electron chi connectivity index (χ1n) is 5.63. The minimum Gasteiger partial charge on any atom is -0.447 e. The van der Waals surface area contributed by atoms with Crippen molar-refractivity contribution in [3.63, 3.8) is 0 Å². The summed E-state index contributed by atoms with van der Waals surface area (Å²) < 4.78 is 34.2. The zero-order valence-corrected chi connectivity index (χ0v) is 7.76. The van der Waals surface area contributed by atoms with Crippen LogP contribution in [0.4, 0.5) is 4.79 Å². The van der Waals surface area contributed by atoms with Crippen molar-refractivity contribution in [1.82, 2.24) is 0 Å². The molecule has 0 heterocycles. The number of aliphatic hydroxyl groups is 1. The van der Waals surface area contributed by atoms with Crippen LogP contribution in [0.25, 0.3) is 0 Å². The molecule has 1 rings (SSSR count). The number of nitrogens with two attached hydrogens (primary N) is 1. The molecular formula is C9H10ClNO3. The highest BCUT2D eigenvalue weighted by Gasteiger charge is 2.12. The molecule has 0 aliphatic rings. The topological polar surface area (TPSA) is 72.6 Å². The van der Waals surface area contributed by atoms with E-state index >= 15 is 0 Å². The fourth-order valence-corrected chi connectivity index (χ4v) is 1.00. The maximum Gasteiger partial charge on any atom is 0.404 e. The maximum absolute atomic E-state index is 10.4. The molecule has 0 radical (unpaired) electrons. The van der Waals surface area contributed by atoms with Gasteiger partial charge in [-0.25, -0.2) is 4.79 Å². The number of halogens is 1. The van der Waals surface area contributed by atoms with E-state index in [1.807, 2.05) is 0 Å². The maximum atomic E-state index is 10.4. The minimum absolute atomic E-state index is 0.232.